The molecule has 1 aliphatic rings. The Morgan fingerprint density at radius 1 is 1.09 bits per heavy atom. The van der Waals surface area contributed by atoms with Gasteiger partial charge in [-0.2, -0.15) is 0 Å². The van der Waals surface area contributed by atoms with Crippen LogP contribution < -0.4 is 9.47 Å². The van der Waals surface area contributed by atoms with Crippen molar-refractivity contribution >= 4 is 11.8 Å². The van der Waals surface area contributed by atoms with E-state index in [1.807, 2.05) is 50.5 Å². The van der Waals surface area contributed by atoms with Gasteiger partial charge in [-0.1, -0.05) is 19.0 Å². The SMILES string of the molecule is Cc1noc(C(C)C)c1C(=O)OCC(=O)c1cc(C)n(-c2ccc3c(c2)OCCO3)c1C. The molecule has 168 valence electrons. The molecule has 0 fully saturated rings. The number of carbonyl (C=O) groups excluding carboxylic acids is 2. The van der Waals surface area contributed by atoms with E-state index in [0.29, 0.717) is 41.7 Å². The molecular formula is C24H26N2O6. The highest BCUT2D eigenvalue weighted by Crippen LogP contribution is 2.33. The zero-order chi connectivity index (χ0) is 23.0. The lowest BCUT2D eigenvalue weighted by atomic mass is 10.1. The Labute approximate surface area is 186 Å². The van der Waals surface area contributed by atoms with Gasteiger partial charge in [-0.15, -0.1) is 0 Å². The third-order valence-electron chi connectivity index (χ3n) is 5.47. The van der Waals surface area contributed by atoms with E-state index in [1.165, 1.54) is 0 Å². The van der Waals surface area contributed by atoms with Gasteiger partial charge < -0.3 is 23.3 Å². The fraction of sp³-hybridized carbons (Fsp3) is 0.375. The molecule has 4 rings (SSSR count). The van der Waals surface area contributed by atoms with E-state index in [2.05, 4.69) is 5.16 Å². The minimum Gasteiger partial charge on any atom is -0.486 e. The molecule has 8 heteroatoms. The minimum absolute atomic E-state index is 0.0284. The molecule has 0 N–H and O–H groups in total. The van der Waals surface area contributed by atoms with Crippen LogP contribution >= 0.6 is 0 Å². The molecule has 0 spiro atoms. The largest absolute Gasteiger partial charge is 0.486 e. The fourth-order valence-corrected chi connectivity index (χ4v) is 3.92. The average molecular weight is 438 g/mol. The van der Waals surface area contributed by atoms with Crippen molar-refractivity contribution in [2.75, 3.05) is 19.8 Å². The van der Waals surface area contributed by atoms with Crippen molar-refractivity contribution in [2.24, 2.45) is 0 Å². The summed E-state index contributed by atoms with van der Waals surface area (Å²) < 4.78 is 23.8. The summed E-state index contributed by atoms with van der Waals surface area (Å²) in [6.45, 7) is 9.91. The molecule has 0 saturated heterocycles. The van der Waals surface area contributed by atoms with Crippen LogP contribution in [-0.2, 0) is 4.74 Å². The van der Waals surface area contributed by atoms with Crippen molar-refractivity contribution in [3.63, 3.8) is 0 Å². The molecule has 0 atom stereocenters. The normalized spacial score (nSPS) is 12.8. The first-order valence-corrected chi connectivity index (χ1v) is 10.5. The zero-order valence-corrected chi connectivity index (χ0v) is 18.9. The molecule has 0 unspecified atom stereocenters. The van der Waals surface area contributed by atoms with Gasteiger partial charge in [0, 0.05) is 34.6 Å². The lowest BCUT2D eigenvalue weighted by Crippen LogP contribution is -2.16. The summed E-state index contributed by atoms with van der Waals surface area (Å²) in [6, 6.07) is 7.47. The van der Waals surface area contributed by atoms with Gasteiger partial charge in [0.1, 0.15) is 18.8 Å². The predicted molar refractivity (Wildman–Crippen MR) is 116 cm³/mol. The maximum absolute atomic E-state index is 12.9. The van der Waals surface area contributed by atoms with Gasteiger partial charge in [-0.3, -0.25) is 4.79 Å². The van der Waals surface area contributed by atoms with E-state index < -0.39 is 5.97 Å². The number of hydrogen-bond donors (Lipinski definition) is 0. The average Bonchev–Trinajstić information content (AvgIpc) is 3.30. The Balaban J connectivity index is 1.53. The first kappa shape index (κ1) is 21.7. The van der Waals surface area contributed by atoms with Gasteiger partial charge in [0.25, 0.3) is 0 Å². The maximum atomic E-state index is 12.9. The third-order valence-corrected chi connectivity index (χ3v) is 5.47. The lowest BCUT2D eigenvalue weighted by Gasteiger charge is -2.20. The Kier molecular flexibility index (Phi) is 5.78. The smallest absolute Gasteiger partial charge is 0.344 e. The highest BCUT2D eigenvalue weighted by Gasteiger charge is 2.25. The molecule has 1 aromatic carbocycles. The molecule has 32 heavy (non-hydrogen) atoms. The second kappa shape index (κ2) is 8.53. The standard InChI is InChI=1S/C24H26N2O6/c1-13(2)23-22(15(4)25-32-23)24(28)31-12-19(27)18-10-14(3)26(16(18)5)17-6-7-20-21(11-17)30-9-8-29-20/h6-7,10-11,13H,8-9,12H2,1-5H3. The number of benzene rings is 1. The number of ether oxygens (including phenoxy) is 3. The first-order valence-electron chi connectivity index (χ1n) is 10.5. The number of carbonyl (C=O) groups is 2. The van der Waals surface area contributed by atoms with Crippen LogP contribution in [0.1, 0.15) is 63.3 Å². The highest BCUT2D eigenvalue weighted by molar-refractivity contribution is 6.01. The molecule has 0 saturated carbocycles. The number of hydrogen-bond acceptors (Lipinski definition) is 7. The summed E-state index contributed by atoms with van der Waals surface area (Å²) >= 11 is 0. The third kappa shape index (κ3) is 3.88. The van der Waals surface area contributed by atoms with Crippen LogP contribution in [0.15, 0.2) is 28.8 Å². The Bertz CT molecular complexity index is 1190. The summed E-state index contributed by atoms with van der Waals surface area (Å²) in [4.78, 5) is 25.5. The molecule has 8 nitrogen and oxygen atoms in total. The van der Waals surface area contributed by atoms with Crippen molar-refractivity contribution in [1.29, 1.82) is 0 Å². The monoisotopic (exact) mass is 438 g/mol. The summed E-state index contributed by atoms with van der Waals surface area (Å²) in [5.41, 5.74) is 3.73. The van der Waals surface area contributed by atoms with E-state index in [0.717, 1.165) is 17.1 Å². The lowest BCUT2D eigenvalue weighted by molar-refractivity contribution is 0.0471. The second-order valence-electron chi connectivity index (χ2n) is 8.11. The second-order valence-corrected chi connectivity index (χ2v) is 8.11. The Morgan fingerprint density at radius 2 is 1.81 bits per heavy atom. The first-order chi connectivity index (χ1) is 15.3. The van der Waals surface area contributed by atoms with Gasteiger partial charge in [-0.25, -0.2) is 4.79 Å². The van der Waals surface area contributed by atoms with Crippen LogP contribution in [0.5, 0.6) is 11.5 Å². The number of esters is 1. The summed E-state index contributed by atoms with van der Waals surface area (Å²) in [6.07, 6.45) is 0. The molecule has 0 radical (unpaired) electrons. The van der Waals surface area contributed by atoms with Crippen molar-refractivity contribution in [2.45, 2.75) is 40.5 Å². The van der Waals surface area contributed by atoms with E-state index in [-0.39, 0.29) is 23.9 Å². The molecule has 1 aliphatic heterocycles. The summed E-state index contributed by atoms with van der Waals surface area (Å²) in [7, 11) is 0. The van der Waals surface area contributed by atoms with Gasteiger partial charge in [0.05, 0.1) is 5.69 Å². The van der Waals surface area contributed by atoms with Crippen molar-refractivity contribution in [1.82, 2.24) is 9.72 Å². The summed E-state index contributed by atoms with van der Waals surface area (Å²) in [5, 5.41) is 3.85. The molecule has 0 aliphatic carbocycles. The minimum atomic E-state index is -0.610. The zero-order valence-electron chi connectivity index (χ0n) is 18.9. The fourth-order valence-electron chi connectivity index (χ4n) is 3.92. The van der Waals surface area contributed by atoms with Crippen molar-refractivity contribution in [3.05, 3.63) is 58.2 Å². The van der Waals surface area contributed by atoms with Crippen LogP contribution in [-0.4, -0.2) is 41.3 Å². The number of rotatable bonds is 6. The van der Waals surface area contributed by atoms with Gasteiger partial charge in [0.2, 0.25) is 5.78 Å². The number of aryl methyl sites for hydroxylation is 2. The molecule has 0 amide bonds. The van der Waals surface area contributed by atoms with Crippen molar-refractivity contribution < 1.29 is 28.3 Å². The Morgan fingerprint density at radius 3 is 2.53 bits per heavy atom. The van der Waals surface area contributed by atoms with Crippen LogP contribution in [0.3, 0.4) is 0 Å². The van der Waals surface area contributed by atoms with E-state index in [9.17, 15) is 9.59 Å². The van der Waals surface area contributed by atoms with Crippen LogP contribution in [0, 0.1) is 20.8 Å². The predicted octanol–water partition coefficient (Wildman–Crippen LogP) is 4.32. The number of ketones is 1. The summed E-state index contributed by atoms with van der Waals surface area (Å²) in [5.74, 6) is 0.913. The topological polar surface area (TPSA) is 92.8 Å². The number of fused-ring (bicyclic) bond motifs is 1. The number of nitrogens with zero attached hydrogens (tertiary/aromatic N) is 2. The van der Waals surface area contributed by atoms with Gasteiger partial charge in [-0.05, 0) is 39.0 Å². The highest BCUT2D eigenvalue weighted by atomic mass is 16.6. The van der Waals surface area contributed by atoms with Crippen LogP contribution in [0.4, 0.5) is 0 Å². The van der Waals surface area contributed by atoms with E-state index >= 15 is 0 Å². The number of Topliss-reactive ketones (excluding diaryl/α,β-unsaturated/α-hetero) is 1. The molecule has 2 aromatic heterocycles. The molecule has 3 heterocycles. The number of aromatic nitrogens is 2. The molecular weight excluding hydrogens is 412 g/mol. The maximum Gasteiger partial charge on any atom is 0.344 e. The molecule has 3 aromatic rings. The van der Waals surface area contributed by atoms with Gasteiger partial charge in [0.15, 0.2) is 23.9 Å². The van der Waals surface area contributed by atoms with Gasteiger partial charge >= 0.3 is 5.97 Å². The quantitative estimate of drug-likeness (QED) is 0.418. The van der Waals surface area contributed by atoms with E-state index in [4.69, 9.17) is 18.7 Å². The Hall–Kier alpha value is -3.55. The van der Waals surface area contributed by atoms with E-state index in [1.54, 1.807) is 13.0 Å². The van der Waals surface area contributed by atoms with Crippen molar-refractivity contribution in [3.8, 4) is 17.2 Å². The molecule has 0 bridgehead atoms. The van der Waals surface area contributed by atoms with Crippen LogP contribution in [0.2, 0.25) is 0 Å². The van der Waals surface area contributed by atoms with Crippen LogP contribution in [0.25, 0.3) is 5.69 Å².